The van der Waals surface area contributed by atoms with Crippen LogP contribution in [0, 0.1) is 11.8 Å². The van der Waals surface area contributed by atoms with Crippen molar-refractivity contribution in [2.45, 2.75) is 39.2 Å². The van der Waals surface area contributed by atoms with Crippen LogP contribution in [0.25, 0.3) is 0 Å². The smallest absolute Gasteiger partial charge is 0.309 e. The molecule has 1 rings (SSSR count). The van der Waals surface area contributed by atoms with Crippen LogP contribution in [0.4, 0.5) is 0 Å². The third-order valence-corrected chi connectivity index (χ3v) is 2.31. The Balaban J connectivity index is 0.00000169. The first-order chi connectivity index (χ1) is 5.92. The van der Waals surface area contributed by atoms with Crippen molar-refractivity contribution in [1.29, 1.82) is 0 Å². The van der Waals surface area contributed by atoms with Crippen LogP contribution in [0.15, 0.2) is 0 Å². The monoisotopic (exact) mass is 221 g/mol. The molecule has 84 valence electrons. The maximum atomic E-state index is 11.4. The van der Waals surface area contributed by atoms with Gasteiger partial charge in [0, 0.05) is 0 Å². The largest absolute Gasteiger partial charge is 0.460 e. The van der Waals surface area contributed by atoms with Crippen molar-refractivity contribution >= 4 is 18.4 Å². The molecule has 0 aromatic rings. The second kappa shape index (κ2) is 4.99. The zero-order valence-electron chi connectivity index (χ0n) is 9.08. The fraction of sp³-hybridized carbons (Fsp3) is 0.900. The number of hydrogen-bond acceptors (Lipinski definition) is 3. The summed E-state index contributed by atoms with van der Waals surface area (Å²) < 4.78 is 5.25. The standard InChI is InChI=1S/C10H19NO2.ClH/c1-10(2,3)13-9(12)8-4-7(5-8)6-11;/h7-8H,4-6,11H2,1-3H3;1H. The van der Waals surface area contributed by atoms with Crippen molar-refractivity contribution in [1.82, 2.24) is 0 Å². The molecule has 0 spiro atoms. The molecule has 4 heteroatoms. The van der Waals surface area contributed by atoms with Gasteiger partial charge in [-0.05, 0) is 46.1 Å². The van der Waals surface area contributed by atoms with E-state index < -0.39 is 0 Å². The minimum Gasteiger partial charge on any atom is -0.460 e. The molecule has 0 unspecified atom stereocenters. The summed E-state index contributed by atoms with van der Waals surface area (Å²) in [7, 11) is 0. The molecule has 0 aromatic carbocycles. The number of nitrogens with two attached hydrogens (primary N) is 1. The van der Waals surface area contributed by atoms with Crippen molar-refractivity contribution in [2.75, 3.05) is 6.54 Å². The summed E-state index contributed by atoms with van der Waals surface area (Å²) in [5, 5.41) is 0. The molecule has 0 heterocycles. The lowest BCUT2D eigenvalue weighted by molar-refractivity contribution is -0.164. The number of hydrogen-bond donors (Lipinski definition) is 1. The van der Waals surface area contributed by atoms with Crippen molar-refractivity contribution in [2.24, 2.45) is 17.6 Å². The maximum Gasteiger partial charge on any atom is 0.309 e. The Kier molecular flexibility index (Phi) is 4.89. The fourth-order valence-electron chi connectivity index (χ4n) is 1.51. The van der Waals surface area contributed by atoms with Crippen LogP contribution in [0.2, 0.25) is 0 Å². The minimum absolute atomic E-state index is 0. The molecule has 14 heavy (non-hydrogen) atoms. The SMILES string of the molecule is CC(C)(C)OC(=O)C1CC(CN)C1.Cl. The van der Waals surface area contributed by atoms with E-state index in [0.29, 0.717) is 12.5 Å². The summed E-state index contributed by atoms with van der Waals surface area (Å²) in [5.41, 5.74) is 5.12. The van der Waals surface area contributed by atoms with Gasteiger partial charge in [0.15, 0.2) is 0 Å². The molecule has 1 saturated carbocycles. The number of halogens is 1. The molecule has 0 bridgehead atoms. The quantitative estimate of drug-likeness (QED) is 0.723. The van der Waals surface area contributed by atoms with Crippen LogP contribution in [0.3, 0.4) is 0 Å². The van der Waals surface area contributed by atoms with Crippen LogP contribution in [-0.4, -0.2) is 18.1 Å². The average Bonchev–Trinajstić information content (AvgIpc) is 1.79. The molecule has 0 aliphatic heterocycles. The van der Waals surface area contributed by atoms with Gasteiger partial charge in [0.05, 0.1) is 5.92 Å². The Bertz CT molecular complexity index is 195. The third-order valence-electron chi connectivity index (χ3n) is 2.31. The van der Waals surface area contributed by atoms with E-state index in [-0.39, 0.29) is 29.9 Å². The predicted molar refractivity (Wildman–Crippen MR) is 58.4 cm³/mol. The average molecular weight is 222 g/mol. The lowest BCUT2D eigenvalue weighted by Crippen LogP contribution is -2.38. The zero-order valence-corrected chi connectivity index (χ0v) is 9.89. The van der Waals surface area contributed by atoms with E-state index in [0.717, 1.165) is 12.8 Å². The molecule has 0 amide bonds. The normalized spacial score (nSPS) is 26.0. The zero-order chi connectivity index (χ0) is 10.1. The molecule has 1 aliphatic carbocycles. The van der Waals surface area contributed by atoms with Crippen LogP contribution >= 0.6 is 12.4 Å². The summed E-state index contributed by atoms with van der Waals surface area (Å²) in [6.07, 6.45) is 1.82. The summed E-state index contributed by atoms with van der Waals surface area (Å²) in [6.45, 7) is 6.37. The summed E-state index contributed by atoms with van der Waals surface area (Å²) >= 11 is 0. The van der Waals surface area contributed by atoms with Crippen LogP contribution in [0.1, 0.15) is 33.6 Å². The lowest BCUT2D eigenvalue weighted by Gasteiger charge is -2.34. The van der Waals surface area contributed by atoms with E-state index in [9.17, 15) is 4.79 Å². The van der Waals surface area contributed by atoms with Crippen molar-refractivity contribution < 1.29 is 9.53 Å². The van der Waals surface area contributed by atoms with Crippen molar-refractivity contribution in [3.8, 4) is 0 Å². The second-order valence-corrected chi connectivity index (χ2v) is 4.80. The summed E-state index contributed by atoms with van der Waals surface area (Å²) in [5.74, 6) is 0.586. The van der Waals surface area contributed by atoms with E-state index in [2.05, 4.69) is 0 Å². The topological polar surface area (TPSA) is 52.3 Å². The van der Waals surface area contributed by atoms with Crippen molar-refractivity contribution in [3.63, 3.8) is 0 Å². The second-order valence-electron chi connectivity index (χ2n) is 4.80. The molecule has 0 radical (unpaired) electrons. The summed E-state index contributed by atoms with van der Waals surface area (Å²) in [4.78, 5) is 11.4. The van der Waals surface area contributed by atoms with Gasteiger partial charge in [0.1, 0.15) is 5.60 Å². The Labute approximate surface area is 91.8 Å². The van der Waals surface area contributed by atoms with E-state index in [1.54, 1.807) is 0 Å². The van der Waals surface area contributed by atoms with Gasteiger partial charge in [-0.3, -0.25) is 4.79 Å². The van der Waals surface area contributed by atoms with E-state index in [1.165, 1.54) is 0 Å². The van der Waals surface area contributed by atoms with E-state index in [1.807, 2.05) is 20.8 Å². The van der Waals surface area contributed by atoms with Gasteiger partial charge in [-0.15, -0.1) is 12.4 Å². The van der Waals surface area contributed by atoms with Crippen LogP contribution in [0.5, 0.6) is 0 Å². The van der Waals surface area contributed by atoms with Gasteiger partial charge in [0.25, 0.3) is 0 Å². The Morgan fingerprint density at radius 3 is 2.29 bits per heavy atom. The number of esters is 1. The fourth-order valence-corrected chi connectivity index (χ4v) is 1.51. The van der Waals surface area contributed by atoms with Gasteiger partial charge in [0.2, 0.25) is 0 Å². The molecular weight excluding hydrogens is 202 g/mol. The first kappa shape index (κ1) is 13.7. The Morgan fingerprint density at radius 2 is 1.93 bits per heavy atom. The van der Waals surface area contributed by atoms with Gasteiger partial charge >= 0.3 is 5.97 Å². The number of rotatable bonds is 2. The number of carbonyl (C=O) groups excluding carboxylic acids is 1. The molecule has 0 aromatic heterocycles. The molecule has 0 saturated heterocycles. The first-order valence-electron chi connectivity index (χ1n) is 4.85. The Hall–Kier alpha value is -0.280. The molecular formula is C10H20ClNO2. The van der Waals surface area contributed by atoms with Crippen molar-refractivity contribution in [3.05, 3.63) is 0 Å². The number of carbonyl (C=O) groups is 1. The lowest BCUT2D eigenvalue weighted by atomic mass is 9.75. The van der Waals surface area contributed by atoms with Gasteiger partial charge in [-0.2, -0.15) is 0 Å². The molecule has 3 nitrogen and oxygen atoms in total. The van der Waals surface area contributed by atoms with Crippen LogP contribution in [-0.2, 0) is 9.53 Å². The predicted octanol–water partition coefficient (Wildman–Crippen LogP) is 1.73. The van der Waals surface area contributed by atoms with Gasteiger partial charge in [-0.1, -0.05) is 0 Å². The highest BCUT2D eigenvalue weighted by Gasteiger charge is 2.36. The number of ether oxygens (including phenoxy) is 1. The maximum absolute atomic E-state index is 11.4. The highest BCUT2D eigenvalue weighted by molar-refractivity contribution is 5.85. The highest BCUT2D eigenvalue weighted by Crippen LogP contribution is 2.34. The first-order valence-corrected chi connectivity index (χ1v) is 4.85. The van der Waals surface area contributed by atoms with Crippen LogP contribution < -0.4 is 5.73 Å². The van der Waals surface area contributed by atoms with E-state index >= 15 is 0 Å². The third kappa shape index (κ3) is 3.84. The van der Waals surface area contributed by atoms with Gasteiger partial charge in [-0.25, -0.2) is 0 Å². The molecule has 1 fully saturated rings. The minimum atomic E-state index is -0.356. The Morgan fingerprint density at radius 1 is 1.43 bits per heavy atom. The molecule has 2 N–H and O–H groups in total. The molecule has 1 aliphatic rings. The summed E-state index contributed by atoms with van der Waals surface area (Å²) in [6, 6.07) is 0. The van der Waals surface area contributed by atoms with E-state index in [4.69, 9.17) is 10.5 Å². The van der Waals surface area contributed by atoms with Gasteiger partial charge < -0.3 is 10.5 Å². The highest BCUT2D eigenvalue weighted by atomic mass is 35.5. The molecule has 0 atom stereocenters.